The topological polar surface area (TPSA) is 70.0 Å². The normalized spacial score (nSPS) is 12.3. The molecule has 1 aromatic rings. The van der Waals surface area contributed by atoms with Gasteiger partial charge in [0.2, 0.25) is 0 Å². The van der Waals surface area contributed by atoms with Crippen LogP contribution in [-0.4, -0.2) is 14.0 Å². The summed E-state index contributed by atoms with van der Waals surface area (Å²) in [5.74, 6) is 0. The van der Waals surface area contributed by atoms with Crippen molar-refractivity contribution in [2.24, 2.45) is 0 Å². The van der Waals surface area contributed by atoms with E-state index in [1.807, 2.05) is 6.07 Å². The number of hydrogen-bond donors (Lipinski definition) is 1. The van der Waals surface area contributed by atoms with Gasteiger partial charge in [-0.25, -0.2) is 8.42 Å². The van der Waals surface area contributed by atoms with Gasteiger partial charge in [0.05, 0.1) is 6.07 Å². The maximum Gasteiger partial charge on any atom is 0.251 e. The van der Waals surface area contributed by atoms with Gasteiger partial charge in [0, 0.05) is 0 Å². The molecule has 0 saturated carbocycles. The van der Waals surface area contributed by atoms with E-state index >= 15 is 0 Å². The van der Waals surface area contributed by atoms with Gasteiger partial charge >= 0.3 is 0 Å². The molecule has 1 aromatic heterocycles. The number of nitrogens with one attached hydrogen (secondary N) is 1. The average Bonchev–Trinajstić information content (AvgIpc) is 2.80. The van der Waals surface area contributed by atoms with E-state index in [1.54, 1.807) is 25.3 Å². The Morgan fingerprint density at radius 2 is 2.12 bits per heavy atom. The van der Waals surface area contributed by atoms with Crippen LogP contribution in [0.25, 0.3) is 0 Å². The molecular formula is C10H14N2O2S2. The van der Waals surface area contributed by atoms with Crippen LogP contribution in [0.2, 0.25) is 0 Å². The third-order valence-electron chi connectivity index (χ3n) is 2.51. The molecule has 0 aromatic carbocycles. The van der Waals surface area contributed by atoms with Crippen LogP contribution in [0.15, 0.2) is 21.7 Å². The molecule has 0 aliphatic rings. The monoisotopic (exact) mass is 258 g/mol. The third kappa shape index (κ3) is 2.61. The lowest BCUT2D eigenvalue weighted by Crippen LogP contribution is -2.46. The van der Waals surface area contributed by atoms with Gasteiger partial charge < -0.3 is 0 Å². The molecule has 0 saturated heterocycles. The van der Waals surface area contributed by atoms with E-state index in [0.29, 0.717) is 12.8 Å². The highest BCUT2D eigenvalue weighted by atomic mass is 32.2. The lowest BCUT2D eigenvalue weighted by molar-refractivity contribution is 0.447. The van der Waals surface area contributed by atoms with Crippen molar-refractivity contribution in [2.45, 2.75) is 36.4 Å². The fourth-order valence-corrected chi connectivity index (χ4v) is 3.75. The summed E-state index contributed by atoms with van der Waals surface area (Å²) in [6, 6.07) is 5.25. The Balaban J connectivity index is 3.02. The summed E-state index contributed by atoms with van der Waals surface area (Å²) < 4.78 is 26.6. The van der Waals surface area contributed by atoms with E-state index in [9.17, 15) is 8.42 Å². The van der Waals surface area contributed by atoms with Crippen LogP contribution in [0, 0.1) is 11.3 Å². The first-order valence-corrected chi connectivity index (χ1v) is 7.34. The van der Waals surface area contributed by atoms with E-state index in [1.165, 1.54) is 6.07 Å². The minimum absolute atomic E-state index is 0.244. The summed E-state index contributed by atoms with van der Waals surface area (Å²) in [7, 11) is -3.56. The standard InChI is InChI=1S/C10H14N2O2S2/c1-3-10(4-2,8-11)12-16(13,14)9-6-5-7-15-9/h5-7,12H,3-4H2,1-2H3. The highest BCUT2D eigenvalue weighted by Gasteiger charge is 2.32. The van der Waals surface area contributed by atoms with Gasteiger partial charge in [0.25, 0.3) is 10.0 Å². The zero-order valence-electron chi connectivity index (χ0n) is 9.23. The van der Waals surface area contributed by atoms with Gasteiger partial charge in [-0.2, -0.15) is 9.98 Å². The molecule has 1 heterocycles. The minimum Gasteiger partial charge on any atom is -0.206 e. The van der Waals surface area contributed by atoms with Gasteiger partial charge in [0.15, 0.2) is 0 Å². The van der Waals surface area contributed by atoms with Crippen LogP contribution in [-0.2, 0) is 10.0 Å². The fourth-order valence-electron chi connectivity index (χ4n) is 1.30. The molecular weight excluding hydrogens is 244 g/mol. The summed E-state index contributed by atoms with van der Waals surface area (Å²) in [6.45, 7) is 3.59. The second-order valence-corrected chi connectivity index (χ2v) is 6.30. The van der Waals surface area contributed by atoms with E-state index in [0.717, 1.165) is 11.3 Å². The number of thiophene rings is 1. The number of sulfonamides is 1. The molecule has 0 atom stereocenters. The number of nitriles is 1. The number of rotatable bonds is 5. The van der Waals surface area contributed by atoms with Crippen LogP contribution in [0.5, 0.6) is 0 Å². The van der Waals surface area contributed by atoms with E-state index < -0.39 is 15.6 Å². The molecule has 0 aliphatic carbocycles. The van der Waals surface area contributed by atoms with Crippen molar-refractivity contribution in [3.63, 3.8) is 0 Å². The van der Waals surface area contributed by atoms with Gasteiger partial charge in [-0.05, 0) is 24.3 Å². The SMILES string of the molecule is CCC(C#N)(CC)NS(=O)(=O)c1cccs1. The van der Waals surface area contributed by atoms with Crippen LogP contribution >= 0.6 is 11.3 Å². The molecule has 88 valence electrons. The van der Waals surface area contributed by atoms with Crippen molar-refractivity contribution in [3.8, 4) is 6.07 Å². The van der Waals surface area contributed by atoms with Crippen LogP contribution in [0.1, 0.15) is 26.7 Å². The molecule has 0 unspecified atom stereocenters. The lowest BCUT2D eigenvalue weighted by atomic mass is 9.97. The second-order valence-electron chi connectivity index (χ2n) is 3.44. The maximum absolute atomic E-state index is 11.9. The molecule has 0 amide bonds. The van der Waals surface area contributed by atoms with Crippen molar-refractivity contribution in [3.05, 3.63) is 17.5 Å². The first-order chi connectivity index (χ1) is 7.49. The van der Waals surface area contributed by atoms with Gasteiger partial charge in [-0.15, -0.1) is 11.3 Å². The molecule has 16 heavy (non-hydrogen) atoms. The summed E-state index contributed by atoms with van der Waals surface area (Å²) >= 11 is 1.14. The third-order valence-corrected chi connectivity index (χ3v) is 5.44. The van der Waals surface area contributed by atoms with Gasteiger partial charge in [-0.1, -0.05) is 19.9 Å². The Kier molecular flexibility index (Phi) is 4.08. The largest absolute Gasteiger partial charge is 0.251 e. The van der Waals surface area contributed by atoms with Crippen LogP contribution < -0.4 is 4.72 Å². The van der Waals surface area contributed by atoms with Crippen molar-refractivity contribution in [1.82, 2.24) is 4.72 Å². The predicted octanol–water partition coefficient (Wildman–Crippen LogP) is 2.11. The first kappa shape index (κ1) is 13.2. The fraction of sp³-hybridized carbons (Fsp3) is 0.500. The average molecular weight is 258 g/mol. The van der Waals surface area contributed by atoms with Crippen molar-refractivity contribution in [2.75, 3.05) is 0 Å². The molecule has 4 nitrogen and oxygen atoms in total. The van der Waals surface area contributed by atoms with Crippen molar-refractivity contribution in [1.29, 1.82) is 5.26 Å². The maximum atomic E-state index is 11.9. The van der Waals surface area contributed by atoms with E-state index in [2.05, 4.69) is 4.72 Å². The Bertz CT molecular complexity index is 467. The summed E-state index contributed by atoms with van der Waals surface area (Å²) in [5.41, 5.74) is -0.997. The van der Waals surface area contributed by atoms with Gasteiger partial charge in [0.1, 0.15) is 9.75 Å². The highest BCUT2D eigenvalue weighted by Crippen LogP contribution is 2.21. The Morgan fingerprint density at radius 1 is 1.50 bits per heavy atom. The quantitative estimate of drug-likeness (QED) is 0.879. The molecule has 0 fully saturated rings. The Hall–Kier alpha value is -0.900. The van der Waals surface area contributed by atoms with Gasteiger partial charge in [-0.3, -0.25) is 0 Å². The molecule has 1 N–H and O–H groups in total. The van der Waals surface area contributed by atoms with E-state index in [4.69, 9.17) is 5.26 Å². The number of hydrogen-bond acceptors (Lipinski definition) is 4. The molecule has 0 aliphatic heterocycles. The Morgan fingerprint density at radius 3 is 2.50 bits per heavy atom. The smallest absolute Gasteiger partial charge is 0.206 e. The first-order valence-electron chi connectivity index (χ1n) is 4.98. The molecule has 0 bridgehead atoms. The number of nitrogens with zero attached hydrogens (tertiary/aromatic N) is 1. The molecule has 0 spiro atoms. The minimum atomic E-state index is -3.56. The summed E-state index contributed by atoms with van der Waals surface area (Å²) in [5, 5.41) is 10.8. The van der Waals surface area contributed by atoms with Crippen LogP contribution in [0.3, 0.4) is 0 Å². The molecule has 0 radical (unpaired) electrons. The molecule has 6 heteroatoms. The Labute approximate surface area is 100.0 Å². The van der Waals surface area contributed by atoms with Crippen molar-refractivity contribution < 1.29 is 8.42 Å². The predicted molar refractivity (Wildman–Crippen MR) is 63.6 cm³/mol. The summed E-state index contributed by atoms with van der Waals surface area (Å²) in [4.78, 5) is 0. The van der Waals surface area contributed by atoms with Crippen LogP contribution in [0.4, 0.5) is 0 Å². The highest BCUT2D eigenvalue weighted by molar-refractivity contribution is 7.91. The zero-order valence-corrected chi connectivity index (χ0v) is 10.9. The lowest BCUT2D eigenvalue weighted by Gasteiger charge is -2.23. The molecule has 1 rings (SSSR count). The zero-order chi connectivity index (χ0) is 12.2. The summed E-state index contributed by atoms with van der Waals surface area (Å²) in [6.07, 6.45) is 0.898. The van der Waals surface area contributed by atoms with E-state index in [-0.39, 0.29) is 4.21 Å². The van der Waals surface area contributed by atoms with Crippen molar-refractivity contribution >= 4 is 21.4 Å². The second kappa shape index (κ2) is 4.95.